The minimum atomic E-state index is -0.977. The molecule has 2 amide bonds. The van der Waals surface area contributed by atoms with E-state index in [1.807, 2.05) is 73.7 Å². The van der Waals surface area contributed by atoms with Crippen LogP contribution in [0.3, 0.4) is 0 Å². The summed E-state index contributed by atoms with van der Waals surface area (Å²) in [5, 5.41) is 9.96. The normalized spacial score (nSPS) is 11.7. The average molecular weight is 547 g/mol. The van der Waals surface area contributed by atoms with Crippen molar-refractivity contribution >= 4 is 17.6 Å². The third-order valence-electron chi connectivity index (χ3n) is 7.22. The van der Waals surface area contributed by atoms with Crippen LogP contribution >= 0.6 is 0 Å². The molecule has 206 valence electrons. The molecule has 0 aliphatic heterocycles. The first-order valence-electron chi connectivity index (χ1n) is 13.2. The number of pyridine rings is 2. The average Bonchev–Trinajstić information content (AvgIpc) is 3.43. The molecule has 2 aromatic carbocycles. The van der Waals surface area contributed by atoms with Crippen molar-refractivity contribution in [3.63, 3.8) is 0 Å². The third kappa shape index (κ3) is 5.84. The summed E-state index contributed by atoms with van der Waals surface area (Å²) < 4.78 is 3.04. The van der Waals surface area contributed by atoms with Gasteiger partial charge >= 0.3 is 0 Å². The van der Waals surface area contributed by atoms with Gasteiger partial charge in [0.05, 0.1) is 0 Å². The highest BCUT2D eigenvalue weighted by molar-refractivity contribution is 6.01. The van der Waals surface area contributed by atoms with E-state index < -0.39 is 23.8 Å². The summed E-state index contributed by atoms with van der Waals surface area (Å²) in [4.78, 5) is 43.7. The number of nitrogens with zero attached hydrogens (tertiary/aromatic N) is 4. The molecule has 0 aliphatic carbocycles. The lowest BCUT2D eigenvalue weighted by atomic mass is 9.84. The molecule has 1 atom stereocenters. The highest BCUT2D eigenvalue weighted by Crippen LogP contribution is 2.29. The summed E-state index contributed by atoms with van der Waals surface area (Å²) >= 11 is 0. The highest BCUT2D eigenvalue weighted by atomic mass is 16.2. The Morgan fingerprint density at radius 2 is 1.49 bits per heavy atom. The zero-order valence-corrected chi connectivity index (χ0v) is 23.0. The molecule has 0 saturated heterocycles. The lowest BCUT2D eigenvalue weighted by molar-refractivity contribution is -0.118. The summed E-state index contributed by atoms with van der Waals surface area (Å²) in [5.41, 5.74) is 4.47. The summed E-state index contributed by atoms with van der Waals surface area (Å²) in [6.07, 6.45) is 3.19. The molecule has 41 heavy (non-hydrogen) atoms. The van der Waals surface area contributed by atoms with Gasteiger partial charge in [-0.15, -0.1) is 0 Å². The third-order valence-corrected chi connectivity index (χ3v) is 7.22. The van der Waals surface area contributed by atoms with Gasteiger partial charge in [0.15, 0.2) is 0 Å². The topological polar surface area (TPSA) is 111 Å². The van der Waals surface area contributed by atoms with Crippen LogP contribution in [0.25, 0.3) is 11.1 Å². The van der Waals surface area contributed by atoms with Gasteiger partial charge in [0, 0.05) is 55.3 Å². The van der Waals surface area contributed by atoms with Gasteiger partial charge in [-0.25, -0.2) is 4.98 Å². The van der Waals surface area contributed by atoms with Gasteiger partial charge in [-0.05, 0) is 42.3 Å². The maximum absolute atomic E-state index is 14.0. The Morgan fingerprint density at radius 1 is 0.829 bits per heavy atom. The van der Waals surface area contributed by atoms with Crippen LogP contribution < -0.4 is 16.2 Å². The maximum atomic E-state index is 14.0. The molecule has 3 heterocycles. The van der Waals surface area contributed by atoms with E-state index in [9.17, 15) is 14.4 Å². The fraction of sp³-hybridized carbons (Fsp3) is 0.156. The number of anilines is 1. The molecule has 5 aromatic rings. The van der Waals surface area contributed by atoms with Gasteiger partial charge in [-0.1, -0.05) is 60.7 Å². The van der Waals surface area contributed by atoms with Crippen molar-refractivity contribution in [2.45, 2.75) is 18.9 Å². The van der Waals surface area contributed by atoms with Crippen LogP contribution in [0.2, 0.25) is 0 Å². The van der Waals surface area contributed by atoms with E-state index in [0.717, 1.165) is 27.9 Å². The predicted molar refractivity (Wildman–Crippen MR) is 157 cm³/mol. The van der Waals surface area contributed by atoms with Crippen LogP contribution in [-0.4, -0.2) is 37.2 Å². The number of aryl methyl sites for hydroxylation is 1. The second-order valence-corrected chi connectivity index (χ2v) is 9.74. The zero-order chi connectivity index (χ0) is 28.9. The summed E-state index contributed by atoms with van der Waals surface area (Å²) in [7, 11) is 3.40. The van der Waals surface area contributed by atoms with Crippen molar-refractivity contribution in [2.75, 3.05) is 5.32 Å². The summed E-state index contributed by atoms with van der Waals surface area (Å²) in [6.45, 7) is 1.87. The number of amides is 2. The van der Waals surface area contributed by atoms with Gasteiger partial charge in [-0.3, -0.25) is 19.1 Å². The van der Waals surface area contributed by atoms with Crippen LogP contribution in [-0.2, 0) is 18.9 Å². The van der Waals surface area contributed by atoms with Gasteiger partial charge in [0.1, 0.15) is 17.6 Å². The maximum Gasteiger partial charge on any atom is 0.270 e. The van der Waals surface area contributed by atoms with Crippen molar-refractivity contribution in [3.05, 3.63) is 136 Å². The van der Waals surface area contributed by atoms with E-state index in [-0.39, 0.29) is 5.56 Å². The number of aromatic nitrogens is 4. The first kappa shape index (κ1) is 27.3. The summed E-state index contributed by atoms with van der Waals surface area (Å²) in [6, 6.07) is 26.7. The Hall–Kier alpha value is -5.31. The number of carbonyl (C=O) groups excluding carboxylic acids is 2. The lowest BCUT2D eigenvalue weighted by Gasteiger charge is -2.28. The molecule has 3 aromatic heterocycles. The van der Waals surface area contributed by atoms with E-state index in [4.69, 9.17) is 0 Å². The number of hydrogen-bond acceptors (Lipinski definition) is 5. The molecule has 0 spiro atoms. The minimum absolute atomic E-state index is 0.0892. The molecule has 0 unspecified atom stereocenters. The summed E-state index contributed by atoms with van der Waals surface area (Å²) in [5.74, 6) is -0.991. The highest BCUT2D eigenvalue weighted by Gasteiger charge is 2.33. The number of rotatable bonds is 8. The number of hydrogen-bond donors (Lipinski definition) is 2. The fourth-order valence-electron chi connectivity index (χ4n) is 4.88. The Kier molecular flexibility index (Phi) is 7.87. The van der Waals surface area contributed by atoms with Gasteiger partial charge < -0.3 is 15.2 Å². The first-order valence-corrected chi connectivity index (χ1v) is 13.2. The quantitative estimate of drug-likeness (QED) is 0.305. The van der Waals surface area contributed by atoms with Gasteiger partial charge in [0.2, 0.25) is 11.5 Å². The number of benzene rings is 2. The van der Waals surface area contributed by atoms with E-state index in [1.54, 1.807) is 43.1 Å². The Morgan fingerprint density at radius 3 is 2.05 bits per heavy atom. The zero-order valence-electron chi connectivity index (χ0n) is 23.0. The van der Waals surface area contributed by atoms with E-state index >= 15 is 0 Å². The molecule has 0 fully saturated rings. The SMILES string of the molecule is Cc1c(-c2ccc(NC(=O)[C@@H](NC(=O)c3ccnn3C)C(c3ccccc3)c3ccccc3)nc2)ccc(=O)n1C. The van der Waals surface area contributed by atoms with Crippen molar-refractivity contribution in [3.8, 4) is 11.1 Å². The monoisotopic (exact) mass is 546 g/mol. The van der Waals surface area contributed by atoms with E-state index in [1.165, 1.54) is 16.9 Å². The Bertz CT molecular complexity index is 1690. The molecule has 0 bridgehead atoms. The molecule has 9 heteroatoms. The largest absolute Gasteiger partial charge is 0.338 e. The second kappa shape index (κ2) is 11.8. The Labute approximate surface area is 237 Å². The van der Waals surface area contributed by atoms with E-state index in [0.29, 0.717) is 11.5 Å². The van der Waals surface area contributed by atoms with Gasteiger partial charge in [0.25, 0.3) is 5.91 Å². The smallest absolute Gasteiger partial charge is 0.270 e. The second-order valence-electron chi connectivity index (χ2n) is 9.74. The molecule has 0 radical (unpaired) electrons. The molecular formula is C32H30N6O3. The van der Waals surface area contributed by atoms with Crippen LogP contribution in [0.1, 0.15) is 33.2 Å². The van der Waals surface area contributed by atoms with Crippen LogP contribution in [0.15, 0.2) is 108 Å². The van der Waals surface area contributed by atoms with Crippen LogP contribution in [0.4, 0.5) is 5.82 Å². The van der Waals surface area contributed by atoms with Crippen molar-refractivity contribution < 1.29 is 9.59 Å². The molecule has 0 aliphatic rings. The fourth-order valence-corrected chi connectivity index (χ4v) is 4.88. The van der Waals surface area contributed by atoms with Crippen LogP contribution in [0.5, 0.6) is 0 Å². The standard InChI is InChI=1S/C32H30N6O3/c1-21-25(15-17-28(39)37(21)2)24-14-16-27(33-20-24)35-32(41)30(36-31(40)26-18-19-34-38(26)3)29(22-10-6-4-7-11-22)23-12-8-5-9-13-23/h4-20,29-30H,1-3H3,(H,36,40)(H,33,35,41)/t30-/m0/s1. The molecule has 2 N–H and O–H groups in total. The molecule has 5 rings (SSSR count). The van der Waals surface area contributed by atoms with E-state index in [2.05, 4.69) is 20.7 Å². The van der Waals surface area contributed by atoms with Gasteiger partial charge in [-0.2, -0.15) is 5.10 Å². The number of nitrogens with one attached hydrogen (secondary N) is 2. The van der Waals surface area contributed by atoms with Crippen molar-refractivity contribution in [1.29, 1.82) is 0 Å². The van der Waals surface area contributed by atoms with Crippen LogP contribution in [0, 0.1) is 6.92 Å². The molecule has 0 saturated carbocycles. The molecule has 9 nitrogen and oxygen atoms in total. The Balaban J connectivity index is 1.49. The first-order chi connectivity index (χ1) is 19.8. The van der Waals surface area contributed by atoms with Crippen molar-refractivity contribution in [1.82, 2.24) is 24.6 Å². The lowest BCUT2D eigenvalue weighted by Crippen LogP contribution is -2.48. The molecular weight excluding hydrogens is 516 g/mol. The minimum Gasteiger partial charge on any atom is -0.338 e. The van der Waals surface area contributed by atoms with Crippen molar-refractivity contribution in [2.24, 2.45) is 14.1 Å². The number of carbonyl (C=O) groups is 2. The predicted octanol–water partition coefficient (Wildman–Crippen LogP) is 4.06.